The van der Waals surface area contributed by atoms with Gasteiger partial charge in [0.25, 0.3) is 5.91 Å². The average Bonchev–Trinajstić information content (AvgIpc) is 3.42. The third kappa shape index (κ3) is 3.37. The van der Waals surface area contributed by atoms with Crippen molar-refractivity contribution >= 4 is 55.2 Å². The van der Waals surface area contributed by atoms with Crippen LogP contribution in [-0.2, 0) is 0 Å². The largest absolute Gasteiger partial charge is 0.493 e. The van der Waals surface area contributed by atoms with E-state index in [1.165, 1.54) is 23.3 Å². The molecule has 5 aromatic rings. The molecule has 0 saturated carbocycles. The van der Waals surface area contributed by atoms with Crippen molar-refractivity contribution in [3.8, 4) is 11.5 Å². The van der Waals surface area contributed by atoms with Crippen molar-refractivity contribution in [2.45, 2.75) is 13.0 Å². The van der Waals surface area contributed by atoms with Crippen LogP contribution >= 0.6 is 22.9 Å². The number of rotatable bonds is 4. The van der Waals surface area contributed by atoms with Crippen LogP contribution in [0.2, 0.25) is 5.02 Å². The number of anilines is 1. The molecular formula is C27H19ClN2O5S. The predicted molar refractivity (Wildman–Crippen MR) is 140 cm³/mol. The summed E-state index contributed by atoms with van der Waals surface area (Å²) in [6.07, 6.45) is 0. The van der Waals surface area contributed by atoms with Gasteiger partial charge >= 0.3 is 0 Å². The minimum atomic E-state index is -0.784. The van der Waals surface area contributed by atoms with Crippen LogP contribution in [0.5, 0.6) is 11.5 Å². The van der Waals surface area contributed by atoms with Gasteiger partial charge in [0.05, 0.1) is 41.4 Å². The lowest BCUT2D eigenvalue weighted by Crippen LogP contribution is -2.29. The first-order valence-corrected chi connectivity index (χ1v) is 12.3. The molecule has 3 aromatic carbocycles. The summed E-state index contributed by atoms with van der Waals surface area (Å²) in [4.78, 5) is 33.9. The molecule has 180 valence electrons. The lowest BCUT2D eigenvalue weighted by molar-refractivity contribution is 0.0971. The average molecular weight is 519 g/mol. The Morgan fingerprint density at radius 2 is 1.81 bits per heavy atom. The normalized spacial score (nSPS) is 15.1. The number of fused-ring (bicyclic) bond motifs is 3. The quantitative estimate of drug-likeness (QED) is 0.284. The summed E-state index contributed by atoms with van der Waals surface area (Å²) in [6, 6.07) is 15.2. The predicted octanol–water partition coefficient (Wildman–Crippen LogP) is 6.13. The molecule has 7 nitrogen and oxygen atoms in total. The van der Waals surface area contributed by atoms with Crippen molar-refractivity contribution in [1.29, 1.82) is 0 Å². The van der Waals surface area contributed by atoms with Gasteiger partial charge in [-0.25, -0.2) is 4.98 Å². The van der Waals surface area contributed by atoms with Crippen molar-refractivity contribution < 1.29 is 18.7 Å². The van der Waals surface area contributed by atoms with Crippen LogP contribution in [0.15, 0.2) is 63.8 Å². The van der Waals surface area contributed by atoms with E-state index < -0.39 is 11.9 Å². The summed E-state index contributed by atoms with van der Waals surface area (Å²) >= 11 is 7.57. The van der Waals surface area contributed by atoms with E-state index in [0.717, 1.165) is 15.8 Å². The number of hydrogen-bond acceptors (Lipinski definition) is 7. The highest BCUT2D eigenvalue weighted by Crippen LogP contribution is 2.45. The van der Waals surface area contributed by atoms with Gasteiger partial charge in [0.1, 0.15) is 5.58 Å². The van der Waals surface area contributed by atoms with Gasteiger partial charge in [0.15, 0.2) is 22.1 Å². The second-order valence-corrected chi connectivity index (χ2v) is 9.92. The summed E-state index contributed by atoms with van der Waals surface area (Å²) in [6.45, 7) is 2.00. The second kappa shape index (κ2) is 8.36. The van der Waals surface area contributed by atoms with Gasteiger partial charge in [0, 0.05) is 5.02 Å². The SMILES string of the molecule is COc1ccc([C@H]2c3c(oc4ccc(Cl)cc4c3=O)C(=O)N2c2nc3ccc(C)cc3s2)cc1OC. The first kappa shape index (κ1) is 22.6. The van der Waals surface area contributed by atoms with Gasteiger partial charge < -0.3 is 13.9 Å². The highest BCUT2D eigenvalue weighted by molar-refractivity contribution is 7.22. The highest BCUT2D eigenvalue weighted by Gasteiger charge is 2.45. The molecule has 36 heavy (non-hydrogen) atoms. The lowest BCUT2D eigenvalue weighted by Gasteiger charge is -2.23. The maximum atomic E-state index is 13.8. The van der Waals surface area contributed by atoms with E-state index in [1.54, 1.807) is 43.5 Å². The molecule has 1 aliphatic heterocycles. The monoisotopic (exact) mass is 518 g/mol. The second-order valence-electron chi connectivity index (χ2n) is 8.47. The number of aryl methyl sites for hydroxylation is 1. The maximum absolute atomic E-state index is 13.8. The summed E-state index contributed by atoms with van der Waals surface area (Å²) < 4.78 is 17.9. The van der Waals surface area contributed by atoms with Gasteiger partial charge in [-0.3, -0.25) is 14.5 Å². The van der Waals surface area contributed by atoms with E-state index in [2.05, 4.69) is 0 Å². The number of carbonyl (C=O) groups excluding carboxylic acids is 1. The molecule has 0 fully saturated rings. The smallest absolute Gasteiger partial charge is 0.297 e. The number of hydrogen-bond donors (Lipinski definition) is 0. The number of aromatic nitrogens is 1. The molecule has 0 unspecified atom stereocenters. The number of benzene rings is 3. The Morgan fingerprint density at radius 3 is 2.58 bits per heavy atom. The molecular weight excluding hydrogens is 500 g/mol. The minimum Gasteiger partial charge on any atom is -0.493 e. The molecule has 0 spiro atoms. The van der Waals surface area contributed by atoms with Crippen molar-refractivity contribution in [2.24, 2.45) is 0 Å². The van der Waals surface area contributed by atoms with E-state index in [4.69, 9.17) is 30.5 Å². The fourth-order valence-corrected chi connectivity index (χ4v) is 5.87. The number of nitrogens with zero attached hydrogens (tertiary/aromatic N) is 2. The fraction of sp³-hybridized carbons (Fsp3) is 0.148. The van der Waals surface area contributed by atoms with E-state index in [1.807, 2.05) is 25.1 Å². The Hall–Kier alpha value is -3.88. The fourth-order valence-electron chi connectivity index (χ4n) is 4.60. The molecule has 2 aromatic heterocycles. The van der Waals surface area contributed by atoms with Crippen LogP contribution in [0.4, 0.5) is 5.13 Å². The van der Waals surface area contributed by atoms with Crippen molar-refractivity contribution in [2.75, 3.05) is 19.1 Å². The number of ether oxygens (including phenoxy) is 2. The maximum Gasteiger partial charge on any atom is 0.297 e. The Kier molecular flexibility index (Phi) is 5.24. The topological polar surface area (TPSA) is 81.9 Å². The van der Waals surface area contributed by atoms with Crippen LogP contribution in [0.3, 0.4) is 0 Å². The molecule has 1 atom stereocenters. The lowest BCUT2D eigenvalue weighted by atomic mass is 9.98. The van der Waals surface area contributed by atoms with Gasteiger partial charge in [-0.1, -0.05) is 35.1 Å². The van der Waals surface area contributed by atoms with Crippen molar-refractivity contribution in [3.63, 3.8) is 0 Å². The number of thiazole rings is 1. The zero-order valence-electron chi connectivity index (χ0n) is 19.5. The standard InChI is InChI=1S/C27H19ClN2O5S/c1-13-4-7-17-21(10-13)36-27(29-17)30-23(14-5-8-19(33-2)20(11-14)34-3)22-24(31)16-12-15(28)6-9-18(16)35-25(22)26(30)32/h4-12,23H,1-3H3/t23-/m0/s1. The molecule has 9 heteroatoms. The number of methoxy groups -OCH3 is 2. The van der Waals surface area contributed by atoms with Crippen LogP contribution in [0, 0.1) is 6.92 Å². The van der Waals surface area contributed by atoms with E-state index in [-0.39, 0.29) is 16.8 Å². The van der Waals surface area contributed by atoms with Gasteiger partial charge in [-0.2, -0.15) is 0 Å². The molecule has 1 amide bonds. The Balaban J connectivity index is 1.64. The Bertz CT molecular complexity index is 1760. The van der Waals surface area contributed by atoms with Crippen molar-refractivity contribution in [3.05, 3.63) is 92.3 Å². The first-order valence-electron chi connectivity index (χ1n) is 11.1. The van der Waals surface area contributed by atoms with Crippen LogP contribution in [0.1, 0.15) is 33.3 Å². The van der Waals surface area contributed by atoms with Crippen LogP contribution in [0.25, 0.3) is 21.2 Å². The van der Waals surface area contributed by atoms with Gasteiger partial charge in [0.2, 0.25) is 5.76 Å². The highest BCUT2D eigenvalue weighted by atomic mass is 35.5. The zero-order valence-corrected chi connectivity index (χ0v) is 21.1. The van der Waals surface area contributed by atoms with E-state index in [9.17, 15) is 9.59 Å². The summed E-state index contributed by atoms with van der Waals surface area (Å²) in [5.41, 5.74) is 2.73. The third-order valence-electron chi connectivity index (χ3n) is 6.29. The van der Waals surface area contributed by atoms with Gasteiger partial charge in [-0.15, -0.1) is 0 Å². The summed E-state index contributed by atoms with van der Waals surface area (Å²) in [5.74, 6) is 0.564. The minimum absolute atomic E-state index is 0.00922. The van der Waals surface area contributed by atoms with E-state index in [0.29, 0.717) is 38.2 Å². The summed E-state index contributed by atoms with van der Waals surface area (Å²) in [5, 5.41) is 1.18. The molecule has 0 bridgehead atoms. The molecule has 0 radical (unpaired) electrons. The van der Waals surface area contributed by atoms with Crippen LogP contribution < -0.4 is 19.8 Å². The van der Waals surface area contributed by atoms with Crippen molar-refractivity contribution in [1.82, 2.24) is 4.98 Å². The molecule has 0 N–H and O–H groups in total. The van der Waals surface area contributed by atoms with Gasteiger partial charge in [-0.05, 0) is 60.5 Å². The Morgan fingerprint density at radius 1 is 1.00 bits per heavy atom. The number of amides is 1. The molecule has 0 saturated heterocycles. The summed E-state index contributed by atoms with van der Waals surface area (Å²) in [7, 11) is 3.08. The molecule has 1 aliphatic rings. The molecule has 6 rings (SSSR count). The first-order chi connectivity index (χ1) is 17.4. The van der Waals surface area contributed by atoms with E-state index >= 15 is 0 Å². The Labute approximate surface area is 214 Å². The number of halogens is 1. The number of carbonyl (C=O) groups is 1. The third-order valence-corrected chi connectivity index (χ3v) is 7.55. The zero-order chi connectivity index (χ0) is 25.1. The molecule has 0 aliphatic carbocycles. The molecule has 3 heterocycles. The van der Waals surface area contributed by atoms with Crippen LogP contribution in [-0.4, -0.2) is 25.1 Å².